The van der Waals surface area contributed by atoms with Crippen molar-refractivity contribution in [3.63, 3.8) is 0 Å². The molecule has 2 aliphatic rings. The molecule has 0 amide bonds. The van der Waals surface area contributed by atoms with E-state index in [1.54, 1.807) is 7.11 Å². The highest BCUT2D eigenvalue weighted by Gasteiger charge is 2.34. The average molecular weight is 256 g/mol. The number of hydrogen-bond acceptors (Lipinski definition) is 4. The maximum Gasteiger partial charge on any atom is 0.0730 e. The molecule has 0 aromatic carbocycles. The Balaban J connectivity index is 1.76. The molecular weight excluding hydrogens is 228 g/mol. The summed E-state index contributed by atoms with van der Waals surface area (Å²) in [7, 11) is 1.75. The lowest BCUT2D eigenvalue weighted by Gasteiger charge is -2.44. The molecule has 2 N–H and O–H groups in total. The molecule has 0 aromatic heterocycles. The fourth-order valence-corrected chi connectivity index (χ4v) is 3.29. The van der Waals surface area contributed by atoms with Crippen LogP contribution in [0, 0.1) is 0 Å². The summed E-state index contributed by atoms with van der Waals surface area (Å²) >= 11 is 0. The maximum absolute atomic E-state index is 6.23. The Morgan fingerprint density at radius 2 is 2.22 bits per heavy atom. The number of morpholine rings is 1. The van der Waals surface area contributed by atoms with Gasteiger partial charge in [0.05, 0.1) is 12.7 Å². The van der Waals surface area contributed by atoms with Gasteiger partial charge in [-0.05, 0) is 25.7 Å². The van der Waals surface area contributed by atoms with Crippen molar-refractivity contribution >= 4 is 0 Å². The van der Waals surface area contributed by atoms with E-state index in [0.717, 1.165) is 39.1 Å². The van der Waals surface area contributed by atoms with Crippen LogP contribution in [-0.4, -0.2) is 56.5 Å². The van der Waals surface area contributed by atoms with E-state index in [4.69, 9.17) is 15.2 Å². The molecule has 1 heterocycles. The zero-order valence-corrected chi connectivity index (χ0v) is 11.6. The largest absolute Gasteiger partial charge is 0.385 e. The second kappa shape index (κ2) is 7.43. The van der Waals surface area contributed by atoms with Crippen LogP contribution in [0.5, 0.6) is 0 Å². The van der Waals surface area contributed by atoms with Crippen LogP contribution in [0.1, 0.15) is 38.5 Å². The zero-order chi connectivity index (χ0) is 12.8. The minimum atomic E-state index is 0.279. The standard InChI is InChI=1S/C14H28N2O2/c1-17-9-4-5-12(15)11-16-8-10-18-14-7-3-2-6-13(14)16/h12-14H,2-11,15H2,1H3. The van der Waals surface area contributed by atoms with Crippen molar-refractivity contribution < 1.29 is 9.47 Å². The number of rotatable bonds is 6. The monoisotopic (exact) mass is 256 g/mol. The fraction of sp³-hybridized carbons (Fsp3) is 1.00. The molecule has 106 valence electrons. The molecule has 1 saturated heterocycles. The molecule has 1 aliphatic heterocycles. The SMILES string of the molecule is COCCCC(N)CN1CCOC2CCCCC21. The second-order valence-electron chi connectivity index (χ2n) is 5.65. The van der Waals surface area contributed by atoms with E-state index in [2.05, 4.69) is 4.90 Å². The predicted molar refractivity (Wildman–Crippen MR) is 72.7 cm³/mol. The van der Waals surface area contributed by atoms with Crippen LogP contribution in [-0.2, 0) is 9.47 Å². The normalized spacial score (nSPS) is 31.0. The number of nitrogens with zero attached hydrogens (tertiary/aromatic N) is 1. The second-order valence-corrected chi connectivity index (χ2v) is 5.65. The highest BCUT2D eigenvalue weighted by molar-refractivity contribution is 4.88. The first kappa shape index (κ1) is 14.3. The van der Waals surface area contributed by atoms with Crippen LogP contribution < -0.4 is 5.73 Å². The van der Waals surface area contributed by atoms with Crippen molar-refractivity contribution in [1.29, 1.82) is 0 Å². The van der Waals surface area contributed by atoms with E-state index in [1.807, 2.05) is 0 Å². The summed E-state index contributed by atoms with van der Waals surface area (Å²) in [5.41, 5.74) is 6.23. The van der Waals surface area contributed by atoms with Crippen molar-refractivity contribution in [2.24, 2.45) is 5.73 Å². The minimum absolute atomic E-state index is 0.279. The third-order valence-corrected chi connectivity index (χ3v) is 4.24. The first-order chi connectivity index (χ1) is 8.81. The summed E-state index contributed by atoms with van der Waals surface area (Å²) in [6, 6.07) is 0.904. The van der Waals surface area contributed by atoms with Gasteiger partial charge in [-0.3, -0.25) is 4.90 Å². The Labute approximate surface area is 111 Å². The molecule has 0 spiro atoms. The van der Waals surface area contributed by atoms with Crippen molar-refractivity contribution in [3.05, 3.63) is 0 Å². The number of methoxy groups -OCH3 is 1. The number of fused-ring (bicyclic) bond motifs is 1. The fourth-order valence-electron chi connectivity index (χ4n) is 3.29. The highest BCUT2D eigenvalue weighted by Crippen LogP contribution is 2.28. The maximum atomic E-state index is 6.23. The molecule has 4 nitrogen and oxygen atoms in total. The molecule has 2 rings (SSSR count). The number of nitrogens with two attached hydrogens (primary N) is 1. The molecule has 1 saturated carbocycles. The topological polar surface area (TPSA) is 47.7 Å². The molecule has 18 heavy (non-hydrogen) atoms. The molecule has 4 heteroatoms. The van der Waals surface area contributed by atoms with Crippen molar-refractivity contribution in [2.75, 3.05) is 33.4 Å². The zero-order valence-electron chi connectivity index (χ0n) is 11.6. The summed E-state index contributed by atoms with van der Waals surface area (Å²) in [5.74, 6) is 0. The van der Waals surface area contributed by atoms with E-state index < -0.39 is 0 Å². The lowest BCUT2D eigenvalue weighted by Crippen LogP contribution is -2.55. The Kier molecular flexibility index (Phi) is 5.89. The van der Waals surface area contributed by atoms with E-state index in [9.17, 15) is 0 Å². The first-order valence-electron chi connectivity index (χ1n) is 7.41. The third-order valence-electron chi connectivity index (χ3n) is 4.24. The number of ether oxygens (including phenoxy) is 2. The smallest absolute Gasteiger partial charge is 0.0730 e. The van der Waals surface area contributed by atoms with Gasteiger partial charge in [-0.2, -0.15) is 0 Å². The molecule has 2 fully saturated rings. The molecule has 0 radical (unpaired) electrons. The van der Waals surface area contributed by atoms with E-state index in [1.165, 1.54) is 25.7 Å². The van der Waals surface area contributed by atoms with Crippen LogP contribution in [0.25, 0.3) is 0 Å². The average Bonchev–Trinajstić information content (AvgIpc) is 2.39. The van der Waals surface area contributed by atoms with Gasteiger partial charge >= 0.3 is 0 Å². The molecule has 0 bridgehead atoms. The van der Waals surface area contributed by atoms with Gasteiger partial charge in [-0.1, -0.05) is 12.8 Å². The summed E-state index contributed by atoms with van der Waals surface area (Å²) < 4.78 is 11.0. The molecule has 1 aliphatic carbocycles. The summed E-state index contributed by atoms with van der Waals surface area (Å²) in [5, 5.41) is 0. The van der Waals surface area contributed by atoms with Gasteiger partial charge in [0, 0.05) is 38.9 Å². The quantitative estimate of drug-likeness (QED) is 0.730. The lowest BCUT2D eigenvalue weighted by atomic mass is 9.90. The van der Waals surface area contributed by atoms with E-state index in [0.29, 0.717) is 12.1 Å². The van der Waals surface area contributed by atoms with Gasteiger partial charge in [-0.25, -0.2) is 0 Å². The Morgan fingerprint density at radius 3 is 3.06 bits per heavy atom. The van der Waals surface area contributed by atoms with E-state index >= 15 is 0 Å². The number of hydrogen-bond donors (Lipinski definition) is 1. The Hall–Kier alpha value is -0.160. The Bertz CT molecular complexity index is 236. The van der Waals surface area contributed by atoms with Gasteiger partial charge < -0.3 is 15.2 Å². The van der Waals surface area contributed by atoms with Crippen molar-refractivity contribution in [3.8, 4) is 0 Å². The minimum Gasteiger partial charge on any atom is -0.385 e. The van der Waals surface area contributed by atoms with Gasteiger partial charge in [0.1, 0.15) is 0 Å². The first-order valence-corrected chi connectivity index (χ1v) is 7.41. The summed E-state index contributed by atoms with van der Waals surface area (Å²) in [6.07, 6.45) is 7.79. The molecule has 3 unspecified atom stereocenters. The lowest BCUT2D eigenvalue weighted by molar-refractivity contribution is -0.0895. The Morgan fingerprint density at radius 1 is 1.39 bits per heavy atom. The van der Waals surface area contributed by atoms with Crippen molar-refractivity contribution in [2.45, 2.75) is 56.7 Å². The summed E-state index contributed by atoms with van der Waals surface area (Å²) in [6.45, 7) is 3.78. The molecule has 3 atom stereocenters. The van der Waals surface area contributed by atoms with Gasteiger partial charge in [0.25, 0.3) is 0 Å². The van der Waals surface area contributed by atoms with Crippen molar-refractivity contribution in [1.82, 2.24) is 4.90 Å². The highest BCUT2D eigenvalue weighted by atomic mass is 16.5. The van der Waals surface area contributed by atoms with Crippen LogP contribution in [0.15, 0.2) is 0 Å². The van der Waals surface area contributed by atoms with Gasteiger partial charge in [0.2, 0.25) is 0 Å². The predicted octanol–water partition coefficient (Wildman–Crippen LogP) is 1.38. The van der Waals surface area contributed by atoms with Gasteiger partial charge in [-0.15, -0.1) is 0 Å². The third kappa shape index (κ3) is 3.92. The van der Waals surface area contributed by atoms with E-state index in [-0.39, 0.29) is 6.04 Å². The van der Waals surface area contributed by atoms with Crippen LogP contribution in [0.2, 0.25) is 0 Å². The molecular formula is C14H28N2O2. The van der Waals surface area contributed by atoms with Gasteiger partial charge in [0.15, 0.2) is 0 Å². The summed E-state index contributed by atoms with van der Waals surface area (Å²) in [4.78, 5) is 2.57. The van der Waals surface area contributed by atoms with Crippen LogP contribution in [0.4, 0.5) is 0 Å². The molecule has 0 aromatic rings. The van der Waals surface area contributed by atoms with Crippen LogP contribution >= 0.6 is 0 Å². The van der Waals surface area contributed by atoms with Crippen LogP contribution in [0.3, 0.4) is 0 Å².